The van der Waals surface area contributed by atoms with Crippen molar-refractivity contribution >= 4 is 35.3 Å². The molecule has 1 aromatic heterocycles. The van der Waals surface area contributed by atoms with Crippen molar-refractivity contribution in [3.63, 3.8) is 0 Å². The van der Waals surface area contributed by atoms with E-state index in [4.69, 9.17) is 18.9 Å². The van der Waals surface area contributed by atoms with E-state index in [1.54, 1.807) is 0 Å². The van der Waals surface area contributed by atoms with E-state index in [0.717, 1.165) is 17.4 Å². The number of amides is 1. The van der Waals surface area contributed by atoms with Gasteiger partial charge in [-0.3, -0.25) is 9.36 Å². The van der Waals surface area contributed by atoms with E-state index >= 15 is 0 Å². The zero-order chi connectivity index (χ0) is 28.1. The fraction of sp³-hybridized carbons (Fsp3) is 0.179. The second kappa shape index (κ2) is 11.9. The van der Waals surface area contributed by atoms with Crippen LogP contribution in [0.25, 0.3) is 5.69 Å². The molecule has 3 aromatic carbocycles. The van der Waals surface area contributed by atoms with Gasteiger partial charge in [0.1, 0.15) is 6.61 Å². The van der Waals surface area contributed by atoms with Crippen LogP contribution in [0.1, 0.15) is 32.6 Å². The average molecular weight is 561 g/mol. The predicted octanol–water partition coefficient (Wildman–Crippen LogP) is 4.08. The van der Waals surface area contributed by atoms with Crippen LogP contribution in [0.2, 0.25) is 0 Å². The lowest BCUT2D eigenvalue weighted by Crippen LogP contribution is -2.24. The maximum atomic E-state index is 13.0. The molecular formula is C28H24N4O7S. The predicted molar refractivity (Wildman–Crippen MR) is 145 cm³/mol. The minimum Gasteiger partial charge on any atom is -0.485 e. The van der Waals surface area contributed by atoms with Crippen LogP contribution >= 0.6 is 11.8 Å². The molecular weight excluding hydrogens is 536 g/mol. The Bertz CT molecular complexity index is 1560. The summed E-state index contributed by atoms with van der Waals surface area (Å²) in [6.07, 6.45) is -0.533. The zero-order valence-corrected chi connectivity index (χ0v) is 22.3. The number of hydrogen-bond acceptors (Lipinski definition) is 10. The number of aromatic nitrogens is 3. The van der Waals surface area contributed by atoms with Crippen molar-refractivity contribution in [2.24, 2.45) is 0 Å². The Kier molecular flexibility index (Phi) is 7.97. The number of para-hydroxylation sites is 3. The molecule has 1 atom stereocenters. The van der Waals surface area contributed by atoms with Gasteiger partial charge in [0.2, 0.25) is 5.91 Å². The Balaban J connectivity index is 1.38. The number of anilines is 1. The maximum Gasteiger partial charge on any atom is 0.339 e. The van der Waals surface area contributed by atoms with Gasteiger partial charge in [-0.25, -0.2) is 9.59 Å². The summed E-state index contributed by atoms with van der Waals surface area (Å²) < 4.78 is 23.4. The third kappa shape index (κ3) is 5.61. The molecule has 1 N–H and O–H groups in total. The highest BCUT2D eigenvalue weighted by molar-refractivity contribution is 7.99. The maximum absolute atomic E-state index is 13.0. The second-order valence-electron chi connectivity index (χ2n) is 8.46. The van der Waals surface area contributed by atoms with Gasteiger partial charge < -0.3 is 24.3 Å². The standard InChI is InChI=1S/C28H24N4O7S/c1-36-26(34)17-12-13-19(27(35)37-2)20(14-17)29-24(33)16-40-28-31-30-25(32(28)18-8-4-3-5-9-18)23-15-38-21-10-6-7-11-22(21)39-23/h3-14,23H,15-16H2,1-2H3,(H,29,33)/t23-/m0/s1. The highest BCUT2D eigenvalue weighted by Crippen LogP contribution is 2.37. The quantitative estimate of drug-likeness (QED) is 0.248. The smallest absolute Gasteiger partial charge is 0.339 e. The molecule has 1 aliphatic heterocycles. The largest absolute Gasteiger partial charge is 0.485 e. The summed E-state index contributed by atoms with van der Waals surface area (Å²) in [5.41, 5.74) is 1.17. The number of ether oxygens (including phenoxy) is 4. The average Bonchev–Trinajstić information content (AvgIpc) is 3.43. The Morgan fingerprint density at radius 2 is 1.68 bits per heavy atom. The highest BCUT2D eigenvalue weighted by atomic mass is 32.2. The molecule has 1 aliphatic rings. The molecule has 11 nitrogen and oxygen atoms in total. The summed E-state index contributed by atoms with van der Waals surface area (Å²) in [6.45, 7) is 0.236. The summed E-state index contributed by atoms with van der Waals surface area (Å²) >= 11 is 1.15. The fourth-order valence-electron chi connectivity index (χ4n) is 4.05. The summed E-state index contributed by atoms with van der Waals surface area (Å²) in [6, 6.07) is 21.0. The lowest BCUT2D eigenvalue weighted by Gasteiger charge is -2.26. The van der Waals surface area contributed by atoms with Gasteiger partial charge in [-0.15, -0.1) is 10.2 Å². The first-order valence-electron chi connectivity index (χ1n) is 12.1. The number of benzene rings is 3. The number of nitrogens with zero attached hydrogens (tertiary/aromatic N) is 3. The molecule has 12 heteroatoms. The van der Waals surface area contributed by atoms with Crippen molar-refractivity contribution in [2.75, 3.05) is 31.9 Å². The van der Waals surface area contributed by atoms with Crippen LogP contribution in [0.3, 0.4) is 0 Å². The number of rotatable bonds is 8. The van der Waals surface area contributed by atoms with Gasteiger partial charge in [0.25, 0.3) is 0 Å². The molecule has 0 bridgehead atoms. The molecule has 0 spiro atoms. The van der Waals surface area contributed by atoms with Crippen molar-refractivity contribution in [2.45, 2.75) is 11.3 Å². The molecule has 0 saturated heterocycles. The first kappa shape index (κ1) is 26.8. The van der Waals surface area contributed by atoms with Gasteiger partial charge in [-0.05, 0) is 42.5 Å². The van der Waals surface area contributed by atoms with E-state index in [9.17, 15) is 14.4 Å². The van der Waals surface area contributed by atoms with Gasteiger partial charge in [0.15, 0.2) is 28.6 Å². The number of carbonyl (C=O) groups excluding carboxylic acids is 3. The zero-order valence-electron chi connectivity index (χ0n) is 21.5. The molecule has 204 valence electrons. The van der Waals surface area contributed by atoms with E-state index in [2.05, 4.69) is 15.5 Å². The third-order valence-corrected chi connectivity index (χ3v) is 6.85. The molecule has 2 heterocycles. The van der Waals surface area contributed by atoms with Crippen LogP contribution in [-0.2, 0) is 14.3 Å². The molecule has 0 radical (unpaired) electrons. The fourth-order valence-corrected chi connectivity index (χ4v) is 4.81. The highest BCUT2D eigenvalue weighted by Gasteiger charge is 2.29. The van der Waals surface area contributed by atoms with Crippen LogP contribution in [0, 0.1) is 0 Å². The molecule has 1 amide bonds. The number of esters is 2. The molecule has 0 saturated carbocycles. The van der Waals surface area contributed by atoms with Crippen LogP contribution in [0.15, 0.2) is 78.0 Å². The number of nitrogens with one attached hydrogen (secondary N) is 1. The van der Waals surface area contributed by atoms with Crippen molar-refractivity contribution in [1.82, 2.24) is 14.8 Å². The Morgan fingerprint density at radius 3 is 2.42 bits per heavy atom. The number of methoxy groups -OCH3 is 2. The van der Waals surface area contributed by atoms with Crippen LogP contribution < -0.4 is 14.8 Å². The topological polar surface area (TPSA) is 131 Å². The monoisotopic (exact) mass is 560 g/mol. The van der Waals surface area contributed by atoms with E-state index in [-0.39, 0.29) is 29.2 Å². The first-order chi connectivity index (χ1) is 19.5. The Morgan fingerprint density at radius 1 is 0.950 bits per heavy atom. The van der Waals surface area contributed by atoms with E-state index in [1.165, 1.54) is 32.4 Å². The normalized spacial score (nSPS) is 13.8. The van der Waals surface area contributed by atoms with Gasteiger partial charge >= 0.3 is 11.9 Å². The molecule has 4 aromatic rings. The lowest BCUT2D eigenvalue weighted by atomic mass is 10.1. The number of thioether (sulfide) groups is 1. The van der Waals surface area contributed by atoms with E-state index < -0.39 is 23.9 Å². The lowest BCUT2D eigenvalue weighted by molar-refractivity contribution is -0.113. The molecule has 5 rings (SSSR count). The van der Waals surface area contributed by atoms with Crippen LogP contribution in [0.5, 0.6) is 11.5 Å². The van der Waals surface area contributed by atoms with Crippen LogP contribution in [-0.4, -0.2) is 59.2 Å². The SMILES string of the molecule is COC(=O)c1ccc(C(=O)OC)c(NC(=O)CSc2nnc([C@@H]3COc4ccccc4O3)n2-c2ccccc2)c1. The number of hydrogen-bond donors (Lipinski definition) is 1. The van der Waals surface area contributed by atoms with Crippen molar-refractivity contribution in [3.05, 3.63) is 89.7 Å². The molecule has 40 heavy (non-hydrogen) atoms. The summed E-state index contributed by atoms with van der Waals surface area (Å²) in [5.74, 6) is -0.0111. The minimum absolute atomic E-state index is 0.0705. The summed E-state index contributed by atoms with van der Waals surface area (Å²) in [5, 5.41) is 11.9. The van der Waals surface area contributed by atoms with Crippen molar-refractivity contribution in [3.8, 4) is 17.2 Å². The van der Waals surface area contributed by atoms with Gasteiger partial charge in [0.05, 0.1) is 36.8 Å². The van der Waals surface area contributed by atoms with Crippen molar-refractivity contribution < 1.29 is 33.3 Å². The summed E-state index contributed by atoms with van der Waals surface area (Å²) in [4.78, 5) is 37.2. The van der Waals surface area contributed by atoms with E-state index in [0.29, 0.717) is 22.5 Å². The summed E-state index contributed by atoms with van der Waals surface area (Å²) in [7, 11) is 2.47. The van der Waals surface area contributed by atoms with Crippen LogP contribution in [0.4, 0.5) is 5.69 Å². The number of carbonyl (C=O) groups is 3. The molecule has 0 unspecified atom stereocenters. The van der Waals surface area contributed by atoms with Gasteiger partial charge in [0, 0.05) is 5.69 Å². The number of fused-ring (bicyclic) bond motifs is 1. The first-order valence-corrected chi connectivity index (χ1v) is 13.1. The molecule has 0 aliphatic carbocycles. The third-order valence-electron chi connectivity index (χ3n) is 5.92. The molecule has 0 fully saturated rings. The van der Waals surface area contributed by atoms with Gasteiger partial charge in [-0.2, -0.15) is 0 Å². The second-order valence-corrected chi connectivity index (χ2v) is 9.40. The Labute approximate surface area is 233 Å². The Hall–Kier alpha value is -4.84. The minimum atomic E-state index is -0.663. The van der Waals surface area contributed by atoms with E-state index in [1.807, 2.05) is 59.2 Å². The van der Waals surface area contributed by atoms with Crippen molar-refractivity contribution in [1.29, 1.82) is 0 Å². The van der Waals surface area contributed by atoms with Gasteiger partial charge in [-0.1, -0.05) is 42.1 Å².